The molecular weight excluding hydrogens is 361 g/mol. The molecule has 0 bridgehead atoms. The van der Waals surface area contributed by atoms with Crippen LogP contribution in [0.4, 0.5) is 10.2 Å². The number of hydrogen-bond donors (Lipinski definition) is 2. The number of benzene rings is 1. The van der Waals surface area contributed by atoms with Gasteiger partial charge in [0, 0.05) is 24.7 Å². The molecule has 3 aromatic rings. The van der Waals surface area contributed by atoms with E-state index < -0.39 is 5.91 Å². The lowest BCUT2D eigenvalue weighted by molar-refractivity contribution is 0.1000. The Morgan fingerprint density at radius 1 is 1.31 bits per heavy atom. The molecule has 0 saturated carbocycles. The van der Waals surface area contributed by atoms with E-state index in [1.54, 1.807) is 12.1 Å². The number of nitrogens with one attached hydrogen (secondary N) is 1. The summed E-state index contributed by atoms with van der Waals surface area (Å²) in [5.74, 6) is 0.460. The van der Waals surface area contributed by atoms with E-state index in [2.05, 4.69) is 20.4 Å². The fourth-order valence-electron chi connectivity index (χ4n) is 2.22. The molecule has 0 aliphatic heterocycles. The molecule has 0 aliphatic rings. The first-order chi connectivity index (χ1) is 12.5. The van der Waals surface area contributed by atoms with Gasteiger partial charge in [0.15, 0.2) is 0 Å². The number of halogens is 2. The third kappa shape index (κ3) is 4.34. The lowest BCUT2D eigenvalue weighted by atomic mass is 10.2. The van der Waals surface area contributed by atoms with Crippen LogP contribution >= 0.6 is 11.6 Å². The van der Waals surface area contributed by atoms with Crippen molar-refractivity contribution in [3.63, 3.8) is 0 Å². The van der Waals surface area contributed by atoms with E-state index in [0.29, 0.717) is 47.5 Å². The number of nitrogens with two attached hydrogens (primary N) is 1. The fourth-order valence-corrected chi connectivity index (χ4v) is 2.45. The van der Waals surface area contributed by atoms with Gasteiger partial charge in [0.05, 0.1) is 10.6 Å². The predicted octanol–water partition coefficient (Wildman–Crippen LogP) is 3.07. The van der Waals surface area contributed by atoms with Crippen molar-refractivity contribution in [1.82, 2.24) is 15.1 Å². The number of anilines is 1. The molecule has 9 heteroatoms. The Kier molecular flexibility index (Phi) is 5.43. The summed E-state index contributed by atoms with van der Waals surface area (Å²) in [5, 5.41) is 7.27. The van der Waals surface area contributed by atoms with Gasteiger partial charge in [-0.3, -0.25) is 4.79 Å². The summed E-state index contributed by atoms with van der Waals surface area (Å²) in [5.41, 5.74) is 6.11. The topological polar surface area (TPSA) is 107 Å². The van der Waals surface area contributed by atoms with Crippen LogP contribution in [0.25, 0.3) is 11.4 Å². The Morgan fingerprint density at radius 3 is 2.77 bits per heavy atom. The maximum absolute atomic E-state index is 12.9. The van der Waals surface area contributed by atoms with Crippen LogP contribution in [0.3, 0.4) is 0 Å². The van der Waals surface area contributed by atoms with Crippen LogP contribution in [0.15, 0.2) is 41.1 Å². The number of carbonyl (C=O) groups excluding carboxylic acids is 1. The minimum atomic E-state index is -0.584. The van der Waals surface area contributed by atoms with Gasteiger partial charge in [-0.25, -0.2) is 9.37 Å². The molecular formula is C17H15ClFN5O2. The van der Waals surface area contributed by atoms with Crippen molar-refractivity contribution in [2.24, 2.45) is 5.73 Å². The second-order valence-electron chi connectivity index (χ2n) is 5.47. The largest absolute Gasteiger partial charge is 0.369 e. The molecule has 1 aromatic carbocycles. The van der Waals surface area contributed by atoms with E-state index in [9.17, 15) is 9.18 Å². The molecule has 0 aliphatic carbocycles. The monoisotopic (exact) mass is 375 g/mol. The SMILES string of the molecule is NC(=O)c1cnc(NCCCc2nc(-c3ccc(F)cc3)no2)c(Cl)c1. The summed E-state index contributed by atoms with van der Waals surface area (Å²) in [6, 6.07) is 7.33. The van der Waals surface area contributed by atoms with E-state index in [0.717, 1.165) is 0 Å². The van der Waals surface area contributed by atoms with Crippen molar-refractivity contribution < 1.29 is 13.7 Å². The van der Waals surface area contributed by atoms with Crippen molar-refractivity contribution in [2.45, 2.75) is 12.8 Å². The van der Waals surface area contributed by atoms with E-state index in [4.69, 9.17) is 21.9 Å². The van der Waals surface area contributed by atoms with Gasteiger partial charge in [0.2, 0.25) is 17.6 Å². The number of carbonyl (C=O) groups is 1. The van der Waals surface area contributed by atoms with E-state index >= 15 is 0 Å². The number of hydrogen-bond acceptors (Lipinski definition) is 6. The number of aromatic nitrogens is 3. The quantitative estimate of drug-likeness (QED) is 0.614. The van der Waals surface area contributed by atoms with Gasteiger partial charge in [-0.2, -0.15) is 4.98 Å². The molecule has 26 heavy (non-hydrogen) atoms. The third-order valence-corrected chi connectivity index (χ3v) is 3.84. The zero-order chi connectivity index (χ0) is 18.5. The normalized spacial score (nSPS) is 10.7. The summed E-state index contributed by atoms with van der Waals surface area (Å²) in [7, 11) is 0. The van der Waals surface area contributed by atoms with Gasteiger partial charge in [-0.1, -0.05) is 16.8 Å². The zero-order valence-corrected chi connectivity index (χ0v) is 14.3. The minimum absolute atomic E-state index is 0.250. The fraction of sp³-hybridized carbons (Fsp3) is 0.176. The first-order valence-corrected chi connectivity index (χ1v) is 8.18. The lowest BCUT2D eigenvalue weighted by Gasteiger charge is -2.07. The molecule has 0 radical (unpaired) electrons. The highest BCUT2D eigenvalue weighted by atomic mass is 35.5. The predicted molar refractivity (Wildman–Crippen MR) is 94.3 cm³/mol. The number of primary amides is 1. The highest BCUT2D eigenvalue weighted by Gasteiger charge is 2.10. The molecule has 0 saturated heterocycles. The van der Waals surface area contributed by atoms with E-state index in [1.807, 2.05) is 0 Å². The second-order valence-corrected chi connectivity index (χ2v) is 5.87. The Bertz CT molecular complexity index is 914. The van der Waals surface area contributed by atoms with Crippen molar-refractivity contribution in [3.05, 3.63) is 58.8 Å². The molecule has 3 N–H and O–H groups in total. The molecule has 0 spiro atoms. The van der Waals surface area contributed by atoms with Crippen molar-refractivity contribution in [1.29, 1.82) is 0 Å². The van der Waals surface area contributed by atoms with Crippen LogP contribution in [0, 0.1) is 5.82 Å². The van der Waals surface area contributed by atoms with Gasteiger partial charge in [-0.15, -0.1) is 0 Å². The molecule has 134 valence electrons. The van der Waals surface area contributed by atoms with Crippen molar-refractivity contribution >= 4 is 23.3 Å². The number of nitrogens with zero attached hydrogens (tertiary/aromatic N) is 3. The Hall–Kier alpha value is -3.00. The maximum atomic E-state index is 12.9. The van der Waals surface area contributed by atoms with Crippen LogP contribution in [0.1, 0.15) is 22.7 Å². The summed E-state index contributed by atoms with van der Waals surface area (Å²) in [6.07, 6.45) is 2.61. The lowest BCUT2D eigenvalue weighted by Crippen LogP contribution is -2.12. The Morgan fingerprint density at radius 2 is 2.08 bits per heavy atom. The number of amides is 1. The summed E-state index contributed by atoms with van der Waals surface area (Å²) >= 11 is 6.05. The van der Waals surface area contributed by atoms with Crippen LogP contribution in [-0.4, -0.2) is 27.6 Å². The number of pyridine rings is 1. The Labute approximate surface area is 153 Å². The average Bonchev–Trinajstić information content (AvgIpc) is 3.09. The highest BCUT2D eigenvalue weighted by Crippen LogP contribution is 2.20. The van der Waals surface area contributed by atoms with Gasteiger partial charge in [0.1, 0.15) is 11.6 Å². The average molecular weight is 376 g/mol. The summed E-state index contributed by atoms with van der Waals surface area (Å²) < 4.78 is 18.1. The summed E-state index contributed by atoms with van der Waals surface area (Å²) in [6.45, 7) is 0.566. The molecule has 2 aromatic heterocycles. The van der Waals surface area contributed by atoms with Crippen LogP contribution in [-0.2, 0) is 6.42 Å². The molecule has 0 atom stereocenters. The van der Waals surface area contributed by atoms with Crippen LogP contribution in [0.2, 0.25) is 5.02 Å². The zero-order valence-electron chi connectivity index (χ0n) is 13.6. The smallest absolute Gasteiger partial charge is 0.250 e. The van der Waals surface area contributed by atoms with E-state index in [1.165, 1.54) is 24.4 Å². The van der Waals surface area contributed by atoms with Gasteiger partial charge in [0.25, 0.3) is 0 Å². The number of aryl methyl sites for hydroxylation is 1. The maximum Gasteiger partial charge on any atom is 0.250 e. The first kappa shape index (κ1) is 17.8. The molecule has 0 fully saturated rings. The highest BCUT2D eigenvalue weighted by molar-refractivity contribution is 6.33. The molecule has 7 nitrogen and oxygen atoms in total. The third-order valence-electron chi connectivity index (χ3n) is 3.56. The van der Waals surface area contributed by atoms with Crippen molar-refractivity contribution in [2.75, 3.05) is 11.9 Å². The van der Waals surface area contributed by atoms with Gasteiger partial charge < -0.3 is 15.6 Å². The summed E-state index contributed by atoms with van der Waals surface area (Å²) in [4.78, 5) is 19.4. The Balaban J connectivity index is 1.51. The van der Waals surface area contributed by atoms with Gasteiger partial charge >= 0.3 is 0 Å². The van der Waals surface area contributed by atoms with Crippen LogP contribution < -0.4 is 11.1 Å². The molecule has 1 amide bonds. The molecule has 3 rings (SSSR count). The first-order valence-electron chi connectivity index (χ1n) is 7.80. The molecule has 2 heterocycles. The van der Waals surface area contributed by atoms with E-state index in [-0.39, 0.29) is 11.4 Å². The van der Waals surface area contributed by atoms with Crippen molar-refractivity contribution in [3.8, 4) is 11.4 Å². The minimum Gasteiger partial charge on any atom is -0.369 e. The number of rotatable bonds is 7. The van der Waals surface area contributed by atoms with Gasteiger partial charge in [-0.05, 0) is 36.8 Å². The second kappa shape index (κ2) is 7.92. The molecule has 0 unspecified atom stereocenters. The van der Waals surface area contributed by atoms with Crippen LogP contribution in [0.5, 0.6) is 0 Å². The standard InChI is InChI=1S/C17H15ClFN5O2/c18-13-8-11(15(20)25)9-22-17(13)21-7-1-2-14-23-16(24-26-14)10-3-5-12(19)6-4-10/h3-6,8-9H,1-2,7H2,(H2,20,25)(H,21,22).